The molecule has 0 radical (unpaired) electrons. The Bertz CT molecular complexity index is 957. The highest BCUT2D eigenvalue weighted by molar-refractivity contribution is 6.91. The second-order valence-electron chi connectivity index (χ2n) is 12.7. The minimum atomic E-state index is -1.42. The van der Waals surface area contributed by atoms with Gasteiger partial charge in [0.15, 0.2) is 0 Å². The highest BCUT2D eigenvalue weighted by Crippen LogP contribution is 2.41. The van der Waals surface area contributed by atoms with E-state index in [2.05, 4.69) is 103 Å². The molecule has 0 heterocycles. The minimum Gasteiger partial charge on any atom is -0.0656 e. The molecule has 0 N–H and O–H groups in total. The molecule has 1 aliphatic carbocycles. The quantitative estimate of drug-likeness (QED) is 0.394. The number of fused-ring (bicyclic) bond motifs is 1. The first-order valence-corrected chi connectivity index (χ1v) is 19.2. The zero-order valence-corrected chi connectivity index (χ0v) is 23.8. The van der Waals surface area contributed by atoms with E-state index in [9.17, 15) is 0 Å². The SMILES string of the molecule is CCCCC1=Cc2c(ccc(C(C)(C)C)c2-c2cc([Si](C)(C)C)cc([Si](C)(C)C)c2)C1. The maximum atomic E-state index is 2.56. The molecule has 0 saturated carbocycles. The molecular weight excluding hydrogens is 404 g/mol. The fourth-order valence-electron chi connectivity index (χ4n) is 4.62. The third-order valence-electron chi connectivity index (χ3n) is 6.71. The van der Waals surface area contributed by atoms with Crippen molar-refractivity contribution in [3.8, 4) is 11.1 Å². The van der Waals surface area contributed by atoms with Crippen LogP contribution in [-0.4, -0.2) is 16.1 Å². The molecular formula is C29H44Si2. The predicted octanol–water partition coefficient (Wildman–Crippen LogP) is 7.87. The Morgan fingerprint density at radius 3 is 1.90 bits per heavy atom. The second kappa shape index (κ2) is 8.52. The van der Waals surface area contributed by atoms with E-state index in [1.807, 2.05) is 0 Å². The van der Waals surface area contributed by atoms with Gasteiger partial charge in [0.1, 0.15) is 0 Å². The van der Waals surface area contributed by atoms with Gasteiger partial charge in [-0.25, -0.2) is 0 Å². The summed E-state index contributed by atoms with van der Waals surface area (Å²) in [5.74, 6) is 0. The summed E-state index contributed by atoms with van der Waals surface area (Å²) in [4.78, 5) is 0. The van der Waals surface area contributed by atoms with Crippen molar-refractivity contribution in [3.05, 3.63) is 52.6 Å². The lowest BCUT2D eigenvalue weighted by Gasteiger charge is -2.28. The summed E-state index contributed by atoms with van der Waals surface area (Å²) in [6, 6.07) is 12.5. The molecule has 3 rings (SSSR count). The topological polar surface area (TPSA) is 0 Å². The van der Waals surface area contributed by atoms with Crippen LogP contribution in [0, 0.1) is 0 Å². The first kappa shape index (κ1) is 24.3. The molecule has 0 bridgehead atoms. The molecule has 0 amide bonds. The van der Waals surface area contributed by atoms with Crippen molar-refractivity contribution in [2.24, 2.45) is 0 Å². The number of benzene rings is 2. The van der Waals surface area contributed by atoms with E-state index in [-0.39, 0.29) is 5.41 Å². The maximum Gasteiger partial charge on any atom is 0.0776 e. The van der Waals surface area contributed by atoms with E-state index in [1.165, 1.54) is 47.1 Å². The van der Waals surface area contributed by atoms with Gasteiger partial charge in [0.2, 0.25) is 0 Å². The summed E-state index contributed by atoms with van der Waals surface area (Å²) >= 11 is 0. The molecule has 2 aromatic carbocycles. The van der Waals surface area contributed by atoms with Crippen LogP contribution in [0.1, 0.15) is 63.6 Å². The smallest absolute Gasteiger partial charge is 0.0656 e. The molecule has 168 valence electrons. The van der Waals surface area contributed by atoms with Gasteiger partial charge in [0, 0.05) is 0 Å². The van der Waals surface area contributed by atoms with Gasteiger partial charge in [-0.1, -0.05) is 126 Å². The Labute approximate surface area is 194 Å². The van der Waals surface area contributed by atoms with Crippen molar-refractivity contribution in [1.29, 1.82) is 0 Å². The van der Waals surface area contributed by atoms with Gasteiger partial charge >= 0.3 is 0 Å². The average Bonchev–Trinajstić information content (AvgIpc) is 3.06. The van der Waals surface area contributed by atoms with Gasteiger partial charge in [-0.3, -0.25) is 0 Å². The molecule has 0 spiro atoms. The van der Waals surface area contributed by atoms with Crippen molar-refractivity contribution in [2.45, 2.75) is 98.1 Å². The first-order chi connectivity index (χ1) is 14.2. The molecule has 2 aromatic rings. The third kappa shape index (κ3) is 5.34. The first-order valence-electron chi connectivity index (χ1n) is 12.2. The van der Waals surface area contributed by atoms with Crippen LogP contribution in [0.5, 0.6) is 0 Å². The third-order valence-corrected chi connectivity index (χ3v) is 10.8. The van der Waals surface area contributed by atoms with Gasteiger partial charge in [-0.05, 0) is 52.5 Å². The van der Waals surface area contributed by atoms with E-state index in [1.54, 1.807) is 15.9 Å². The van der Waals surface area contributed by atoms with E-state index < -0.39 is 16.1 Å². The minimum absolute atomic E-state index is 0.124. The molecule has 2 heteroatoms. The van der Waals surface area contributed by atoms with Gasteiger partial charge in [0.25, 0.3) is 0 Å². The summed E-state index contributed by atoms with van der Waals surface area (Å²) in [6.45, 7) is 24.3. The number of unbranched alkanes of at least 4 members (excludes halogenated alkanes) is 1. The Morgan fingerprint density at radius 2 is 1.42 bits per heavy atom. The zero-order valence-electron chi connectivity index (χ0n) is 21.8. The van der Waals surface area contributed by atoms with Gasteiger partial charge in [-0.15, -0.1) is 0 Å². The lowest BCUT2D eigenvalue weighted by molar-refractivity contribution is 0.591. The van der Waals surface area contributed by atoms with Crippen molar-refractivity contribution in [3.63, 3.8) is 0 Å². The number of hydrogen-bond acceptors (Lipinski definition) is 0. The average molecular weight is 449 g/mol. The standard InChI is InChI=1S/C29H44Si2/c1-11-12-13-21-16-22-14-15-27(29(2,3)4)28(26(22)17-21)23-18-24(30(5,6)7)20-25(19-23)31(8,9)10/h14-15,17-20H,11-13,16H2,1-10H3. The lowest BCUT2D eigenvalue weighted by atomic mass is 9.79. The fourth-order valence-corrected chi connectivity index (χ4v) is 7.12. The van der Waals surface area contributed by atoms with Crippen LogP contribution in [0.25, 0.3) is 17.2 Å². The van der Waals surface area contributed by atoms with E-state index in [0.29, 0.717) is 0 Å². The number of rotatable bonds is 6. The molecule has 0 fully saturated rings. The summed E-state index contributed by atoms with van der Waals surface area (Å²) in [5, 5.41) is 3.21. The molecule has 31 heavy (non-hydrogen) atoms. The van der Waals surface area contributed by atoms with Gasteiger partial charge in [-0.2, -0.15) is 0 Å². The number of allylic oxidation sites excluding steroid dienone is 1. The largest absolute Gasteiger partial charge is 0.0776 e. The Hall–Kier alpha value is -1.39. The Kier molecular flexibility index (Phi) is 6.67. The van der Waals surface area contributed by atoms with E-state index in [0.717, 1.165) is 6.42 Å². The van der Waals surface area contributed by atoms with Crippen molar-refractivity contribution in [2.75, 3.05) is 0 Å². The van der Waals surface area contributed by atoms with Crippen LogP contribution in [0.15, 0.2) is 35.9 Å². The Morgan fingerprint density at radius 1 is 0.839 bits per heavy atom. The van der Waals surface area contributed by atoms with Crippen molar-refractivity contribution >= 4 is 32.6 Å². The molecule has 0 saturated heterocycles. The molecule has 0 unspecified atom stereocenters. The monoisotopic (exact) mass is 448 g/mol. The fraction of sp³-hybridized carbons (Fsp3) is 0.517. The van der Waals surface area contributed by atoms with Crippen LogP contribution in [0.3, 0.4) is 0 Å². The summed E-state index contributed by atoms with van der Waals surface area (Å²) in [5.41, 5.74) is 9.25. The van der Waals surface area contributed by atoms with E-state index in [4.69, 9.17) is 0 Å². The Balaban J connectivity index is 2.32. The molecule has 0 aliphatic heterocycles. The summed E-state index contributed by atoms with van der Waals surface area (Å²) in [7, 11) is -2.84. The van der Waals surface area contributed by atoms with Crippen LogP contribution < -0.4 is 10.4 Å². The molecule has 0 nitrogen and oxygen atoms in total. The highest BCUT2D eigenvalue weighted by atomic mass is 28.3. The van der Waals surface area contributed by atoms with E-state index >= 15 is 0 Å². The van der Waals surface area contributed by atoms with Gasteiger partial charge in [0.05, 0.1) is 16.1 Å². The molecule has 1 aliphatic rings. The maximum absolute atomic E-state index is 2.56. The van der Waals surface area contributed by atoms with Crippen LogP contribution >= 0.6 is 0 Å². The molecule has 0 atom stereocenters. The lowest BCUT2D eigenvalue weighted by Crippen LogP contribution is -2.45. The van der Waals surface area contributed by atoms with Gasteiger partial charge < -0.3 is 0 Å². The zero-order chi connectivity index (χ0) is 23.2. The highest BCUT2D eigenvalue weighted by Gasteiger charge is 2.28. The predicted molar refractivity (Wildman–Crippen MR) is 148 cm³/mol. The number of hydrogen-bond donors (Lipinski definition) is 0. The van der Waals surface area contributed by atoms with Crippen LogP contribution in [0.4, 0.5) is 0 Å². The van der Waals surface area contributed by atoms with Crippen LogP contribution in [0.2, 0.25) is 39.3 Å². The van der Waals surface area contributed by atoms with Crippen LogP contribution in [-0.2, 0) is 11.8 Å². The summed E-state index contributed by atoms with van der Waals surface area (Å²) < 4.78 is 0. The summed E-state index contributed by atoms with van der Waals surface area (Å²) in [6.07, 6.45) is 7.49. The van der Waals surface area contributed by atoms with Crippen molar-refractivity contribution in [1.82, 2.24) is 0 Å². The molecule has 0 aromatic heterocycles. The normalized spacial score (nSPS) is 14.6. The van der Waals surface area contributed by atoms with Crippen molar-refractivity contribution < 1.29 is 0 Å². The second-order valence-corrected chi connectivity index (χ2v) is 22.8.